The Morgan fingerprint density at radius 1 is 1.41 bits per heavy atom. The SMILES string of the molecule is CC(C)(N)CCN1CC(C2CCCC2)NC1=O. The van der Waals surface area contributed by atoms with Crippen molar-refractivity contribution in [3.63, 3.8) is 0 Å². The molecule has 1 heterocycles. The highest BCUT2D eigenvalue weighted by atomic mass is 16.2. The molecule has 2 amide bonds. The van der Waals surface area contributed by atoms with E-state index < -0.39 is 0 Å². The van der Waals surface area contributed by atoms with Crippen molar-refractivity contribution >= 4 is 6.03 Å². The quantitative estimate of drug-likeness (QED) is 0.784. The maximum Gasteiger partial charge on any atom is 0.317 e. The monoisotopic (exact) mass is 239 g/mol. The summed E-state index contributed by atoms with van der Waals surface area (Å²) in [7, 11) is 0. The van der Waals surface area contributed by atoms with Crippen molar-refractivity contribution in [2.45, 2.75) is 57.5 Å². The van der Waals surface area contributed by atoms with E-state index in [1.165, 1.54) is 25.7 Å². The van der Waals surface area contributed by atoms with Gasteiger partial charge in [0.2, 0.25) is 0 Å². The second kappa shape index (κ2) is 4.84. The van der Waals surface area contributed by atoms with Crippen molar-refractivity contribution in [1.29, 1.82) is 0 Å². The minimum absolute atomic E-state index is 0.103. The van der Waals surface area contributed by atoms with E-state index in [0.717, 1.165) is 19.5 Å². The maximum atomic E-state index is 11.8. The molecule has 0 aromatic heterocycles. The normalized spacial score (nSPS) is 26.6. The molecule has 1 unspecified atom stereocenters. The first-order valence-corrected chi connectivity index (χ1v) is 6.80. The van der Waals surface area contributed by atoms with Crippen molar-refractivity contribution in [1.82, 2.24) is 10.2 Å². The van der Waals surface area contributed by atoms with Crippen LogP contribution in [0.5, 0.6) is 0 Å². The van der Waals surface area contributed by atoms with Gasteiger partial charge < -0.3 is 16.0 Å². The zero-order valence-corrected chi connectivity index (χ0v) is 11.0. The van der Waals surface area contributed by atoms with Crippen LogP contribution in [0.3, 0.4) is 0 Å². The highest BCUT2D eigenvalue weighted by Crippen LogP contribution is 2.29. The molecular formula is C13H25N3O. The average Bonchev–Trinajstić information content (AvgIpc) is 2.82. The van der Waals surface area contributed by atoms with Gasteiger partial charge in [-0.25, -0.2) is 4.79 Å². The Morgan fingerprint density at radius 2 is 2.06 bits per heavy atom. The number of amides is 2. The van der Waals surface area contributed by atoms with Gasteiger partial charge in [0.15, 0.2) is 0 Å². The molecule has 0 spiro atoms. The van der Waals surface area contributed by atoms with Gasteiger partial charge in [0.05, 0.1) is 6.04 Å². The van der Waals surface area contributed by atoms with Gasteiger partial charge in [0, 0.05) is 18.6 Å². The van der Waals surface area contributed by atoms with Gasteiger partial charge in [-0.1, -0.05) is 12.8 Å². The van der Waals surface area contributed by atoms with E-state index in [0.29, 0.717) is 12.0 Å². The molecule has 1 aliphatic heterocycles. The Balaban J connectivity index is 1.82. The lowest BCUT2D eigenvalue weighted by molar-refractivity contribution is 0.213. The maximum absolute atomic E-state index is 11.8. The molecule has 2 aliphatic rings. The van der Waals surface area contributed by atoms with Gasteiger partial charge in [-0.2, -0.15) is 0 Å². The second-order valence-corrected chi connectivity index (χ2v) is 6.29. The van der Waals surface area contributed by atoms with Crippen LogP contribution >= 0.6 is 0 Å². The van der Waals surface area contributed by atoms with Crippen LogP contribution in [0.4, 0.5) is 4.79 Å². The van der Waals surface area contributed by atoms with Crippen molar-refractivity contribution in [3.8, 4) is 0 Å². The molecule has 0 aromatic carbocycles. The van der Waals surface area contributed by atoms with Gasteiger partial charge in [0.1, 0.15) is 0 Å². The molecule has 2 rings (SSSR count). The molecule has 2 fully saturated rings. The average molecular weight is 239 g/mol. The van der Waals surface area contributed by atoms with Crippen LogP contribution in [-0.4, -0.2) is 35.6 Å². The molecule has 4 nitrogen and oxygen atoms in total. The Labute approximate surface area is 104 Å². The molecule has 98 valence electrons. The van der Waals surface area contributed by atoms with Gasteiger partial charge >= 0.3 is 6.03 Å². The van der Waals surface area contributed by atoms with Gasteiger partial charge in [-0.3, -0.25) is 0 Å². The molecule has 3 N–H and O–H groups in total. The molecule has 4 heteroatoms. The van der Waals surface area contributed by atoms with Gasteiger partial charge in [-0.05, 0) is 39.0 Å². The summed E-state index contributed by atoms with van der Waals surface area (Å²) in [6, 6.07) is 0.483. The number of hydrogen-bond acceptors (Lipinski definition) is 2. The third-order valence-corrected chi connectivity index (χ3v) is 4.01. The lowest BCUT2D eigenvalue weighted by Gasteiger charge is -2.23. The number of carbonyl (C=O) groups excluding carboxylic acids is 1. The fourth-order valence-corrected chi connectivity index (χ4v) is 2.86. The number of nitrogens with zero attached hydrogens (tertiary/aromatic N) is 1. The standard InChI is InChI=1S/C13H25N3O/c1-13(2,14)7-8-16-9-11(15-12(16)17)10-5-3-4-6-10/h10-11H,3-9,14H2,1-2H3,(H,15,17). The Kier molecular flexibility index (Phi) is 3.61. The van der Waals surface area contributed by atoms with E-state index in [-0.39, 0.29) is 11.6 Å². The predicted molar refractivity (Wildman–Crippen MR) is 68.7 cm³/mol. The smallest absolute Gasteiger partial charge is 0.317 e. The summed E-state index contributed by atoms with van der Waals surface area (Å²) in [6.45, 7) is 5.67. The number of nitrogens with one attached hydrogen (secondary N) is 1. The first-order chi connectivity index (χ1) is 7.96. The Bertz CT molecular complexity index is 279. The van der Waals surface area contributed by atoms with Crippen molar-refractivity contribution < 1.29 is 4.79 Å². The zero-order chi connectivity index (χ0) is 12.5. The number of nitrogens with two attached hydrogens (primary N) is 1. The zero-order valence-electron chi connectivity index (χ0n) is 11.0. The Morgan fingerprint density at radius 3 is 2.65 bits per heavy atom. The number of rotatable bonds is 4. The molecule has 0 aromatic rings. The summed E-state index contributed by atoms with van der Waals surface area (Å²) < 4.78 is 0. The number of carbonyl (C=O) groups is 1. The molecule has 1 saturated heterocycles. The fourth-order valence-electron chi connectivity index (χ4n) is 2.86. The van der Waals surface area contributed by atoms with Gasteiger partial charge in [-0.15, -0.1) is 0 Å². The van der Waals surface area contributed by atoms with E-state index in [9.17, 15) is 4.79 Å². The first kappa shape index (κ1) is 12.7. The predicted octanol–water partition coefficient (Wildman–Crippen LogP) is 1.70. The number of urea groups is 1. The van der Waals surface area contributed by atoms with E-state index in [1.54, 1.807) is 0 Å². The summed E-state index contributed by atoms with van der Waals surface area (Å²) in [4.78, 5) is 13.8. The highest BCUT2D eigenvalue weighted by molar-refractivity contribution is 5.76. The third kappa shape index (κ3) is 3.35. The summed E-state index contributed by atoms with van der Waals surface area (Å²) in [5.74, 6) is 0.704. The first-order valence-electron chi connectivity index (χ1n) is 6.80. The topological polar surface area (TPSA) is 58.4 Å². The third-order valence-electron chi connectivity index (χ3n) is 4.01. The van der Waals surface area contributed by atoms with E-state index >= 15 is 0 Å². The second-order valence-electron chi connectivity index (χ2n) is 6.29. The van der Waals surface area contributed by atoms with E-state index in [4.69, 9.17) is 5.73 Å². The molecule has 1 aliphatic carbocycles. The fraction of sp³-hybridized carbons (Fsp3) is 0.923. The van der Waals surface area contributed by atoms with Crippen LogP contribution in [0.15, 0.2) is 0 Å². The number of hydrogen-bond donors (Lipinski definition) is 2. The lowest BCUT2D eigenvalue weighted by atomic mass is 9.98. The van der Waals surface area contributed by atoms with Crippen molar-refractivity contribution in [2.24, 2.45) is 11.7 Å². The van der Waals surface area contributed by atoms with Crippen molar-refractivity contribution in [2.75, 3.05) is 13.1 Å². The van der Waals surface area contributed by atoms with Crippen LogP contribution in [0.2, 0.25) is 0 Å². The van der Waals surface area contributed by atoms with Crippen LogP contribution in [0, 0.1) is 5.92 Å². The van der Waals surface area contributed by atoms with Crippen LogP contribution in [0.25, 0.3) is 0 Å². The molecule has 0 radical (unpaired) electrons. The molecule has 0 bridgehead atoms. The lowest BCUT2D eigenvalue weighted by Crippen LogP contribution is -2.38. The molecular weight excluding hydrogens is 214 g/mol. The Hall–Kier alpha value is -0.770. The van der Waals surface area contributed by atoms with Crippen LogP contribution in [-0.2, 0) is 0 Å². The van der Waals surface area contributed by atoms with Crippen LogP contribution < -0.4 is 11.1 Å². The van der Waals surface area contributed by atoms with Crippen molar-refractivity contribution in [3.05, 3.63) is 0 Å². The summed E-state index contributed by atoms with van der Waals surface area (Å²) in [6.07, 6.45) is 6.07. The van der Waals surface area contributed by atoms with Gasteiger partial charge in [0.25, 0.3) is 0 Å². The minimum atomic E-state index is -0.189. The minimum Gasteiger partial charge on any atom is -0.333 e. The van der Waals surface area contributed by atoms with E-state index in [1.807, 2.05) is 18.7 Å². The van der Waals surface area contributed by atoms with E-state index in [2.05, 4.69) is 5.32 Å². The molecule has 1 atom stereocenters. The van der Waals surface area contributed by atoms with Crippen LogP contribution in [0.1, 0.15) is 46.0 Å². The molecule has 1 saturated carbocycles. The summed E-state index contributed by atoms with van der Waals surface area (Å²) in [5.41, 5.74) is 5.77. The highest BCUT2D eigenvalue weighted by Gasteiger charge is 2.35. The largest absolute Gasteiger partial charge is 0.333 e. The summed E-state index contributed by atoms with van der Waals surface area (Å²) in [5, 5.41) is 3.13. The molecule has 17 heavy (non-hydrogen) atoms. The summed E-state index contributed by atoms with van der Waals surface area (Å²) >= 11 is 0.